The van der Waals surface area contributed by atoms with Gasteiger partial charge in [0.25, 0.3) is 0 Å². The van der Waals surface area contributed by atoms with Crippen LogP contribution in [0.15, 0.2) is 24.3 Å². The molecule has 0 aromatic heterocycles. The number of nitrogens with one attached hydrogen (secondary N) is 1. The fraction of sp³-hybridized carbons (Fsp3) is 0.250. The van der Waals surface area contributed by atoms with Crippen molar-refractivity contribution in [2.45, 2.75) is 13.5 Å². The first-order chi connectivity index (χ1) is 7.24. The highest BCUT2D eigenvalue weighted by Crippen LogP contribution is 2.06. The molecule has 0 radical (unpaired) electrons. The molecule has 3 N–H and O–H groups in total. The van der Waals surface area contributed by atoms with Crippen LogP contribution in [0.4, 0.5) is 0 Å². The average Bonchev–Trinajstić information content (AvgIpc) is 2.24. The molecule has 1 aromatic carbocycles. The maximum Gasteiger partial charge on any atom is 0.217 e. The zero-order chi connectivity index (χ0) is 11.1. The van der Waals surface area contributed by atoms with Gasteiger partial charge in [0.1, 0.15) is 0 Å². The van der Waals surface area contributed by atoms with E-state index in [1.807, 2.05) is 24.3 Å². The third-order valence-electron chi connectivity index (χ3n) is 1.87. The Morgan fingerprint density at radius 2 is 2.20 bits per heavy atom. The third kappa shape index (κ3) is 3.84. The predicted molar refractivity (Wildman–Crippen MR) is 59.9 cm³/mol. The van der Waals surface area contributed by atoms with E-state index >= 15 is 0 Å². The van der Waals surface area contributed by atoms with Crippen LogP contribution in [-0.4, -0.2) is 12.5 Å². The second-order valence-electron chi connectivity index (χ2n) is 3.07. The van der Waals surface area contributed by atoms with Gasteiger partial charge in [-0.1, -0.05) is 30.0 Å². The summed E-state index contributed by atoms with van der Waals surface area (Å²) in [5.41, 5.74) is 7.23. The Labute approximate surface area is 89.7 Å². The first-order valence-electron chi connectivity index (χ1n) is 4.75. The highest BCUT2D eigenvalue weighted by molar-refractivity contribution is 5.72. The van der Waals surface area contributed by atoms with Gasteiger partial charge in [-0.2, -0.15) is 0 Å². The van der Waals surface area contributed by atoms with Gasteiger partial charge in [-0.15, -0.1) is 0 Å². The molecular weight excluding hydrogens is 188 g/mol. The van der Waals surface area contributed by atoms with E-state index < -0.39 is 0 Å². The molecule has 0 spiro atoms. The molecule has 0 atom stereocenters. The number of nitrogens with two attached hydrogens (primary N) is 1. The topological polar surface area (TPSA) is 55.1 Å². The van der Waals surface area contributed by atoms with Crippen LogP contribution in [0, 0.1) is 11.8 Å². The first kappa shape index (κ1) is 11.3. The minimum Gasteiger partial charge on any atom is -0.352 e. The Hall–Kier alpha value is -1.79. The molecule has 0 bridgehead atoms. The van der Waals surface area contributed by atoms with Crippen LogP contribution in [-0.2, 0) is 11.3 Å². The Balaban J connectivity index is 2.81. The van der Waals surface area contributed by atoms with Crippen LogP contribution in [0.25, 0.3) is 0 Å². The molecule has 1 aromatic rings. The summed E-state index contributed by atoms with van der Waals surface area (Å²) in [6, 6.07) is 7.69. The van der Waals surface area contributed by atoms with Crippen molar-refractivity contribution in [1.82, 2.24) is 5.32 Å². The van der Waals surface area contributed by atoms with Crippen LogP contribution >= 0.6 is 0 Å². The lowest BCUT2D eigenvalue weighted by atomic mass is 10.1. The van der Waals surface area contributed by atoms with E-state index in [0.717, 1.165) is 11.1 Å². The van der Waals surface area contributed by atoms with Gasteiger partial charge in [-0.25, -0.2) is 0 Å². The summed E-state index contributed by atoms with van der Waals surface area (Å²) >= 11 is 0. The van der Waals surface area contributed by atoms with Crippen molar-refractivity contribution in [3.05, 3.63) is 35.4 Å². The normalized spacial score (nSPS) is 8.93. The Morgan fingerprint density at radius 3 is 2.87 bits per heavy atom. The lowest BCUT2D eigenvalue weighted by molar-refractivity contribution is -0.119. The zero-order valence-corrected chi connectivity index (χ0v) is 8.71. The van der Waals surface area contributed by atoms with Crippen molar-refractivity contribution in [2.75, 3.05) is 6.54 Å². The highest BCUT2D eigenvalue weighted by atomic mass is 16.1. The molecule has 0 saturated heterocycles. The van der Waals surface area contributed by atoms with E-state index in [2.05, 4.69) is 17.2 Å². The molecule has 1 rings (SSSR count). The predicted octanol–water partition coefficient (Wildman–Crippen LogP) is 0.633. The molecule has 1 amide bonds. The fourth-order valence-corrected chi connectivity index (χ4v) is 1.16. The maximum absolute atomic E-state index is 10.8. The van der Waals surface area contributed by atoms with Crippen LogP contribution in [0.3, 0.4) is 0 Å². The molecule has 3 nitrogen and oxygen atoms in total. The number of rotatable bonds is 2. The first-order valence-corrected chi connectivity index (χ1v) is 4.75. The van der Waals surface area contributed by atoms with Crippen molar-refractivity contribution in [3.8, 4) is 11.8 Å². The van der Waals surface area contributed by atoms with E-state index in [1.54, 1.807) is 0 Å². The zero-order valence-electron chi connectivity index (χ0n) is 8.71. The number of amides is 1. The fourth-order valence-electron chi connectivity index (χ4n) is 1.16. The summed E-state index contributed by atoms with van der Waals surface area (Å²) in [6.45, 7) is 2.34. The number of carbonyl (C=O) groups excluding carboxylic acids is 1. The lowest BCUT2D eigenvalue weighted by Crippen LogP contribution is -2.19. The van der Waals surface area contributed by atoms with Gasteiger partial charge in [0.05, 0.1) is 6.54 Å². The minimum absolute atomic E-state index is 0.0448. The second-order valence-corrected chi connectivity index (χ2v) is 3.07. The molecule has 0 aliphatic rings. The minimum atomic E-state index is -0.0448. The summed E-state index contributed by atoms with van der Waals surface area (Å²) in [5.74, 6) is 5.72. The molecule has 0 saturated carbocycles. The molecule has 0 fully saturated rings. The van der Waals surface area contributed by atoms with Gasteiger partial charge < -0.3 is 11.1 Å². The molecule has 78 valence electrons. The molecule has 0 unspecified atom stereocenters. The smallest absolute Gasteiger partial charge is 0.217 e. The number of hydrogen-bond acceptors (Lipinski definition) is 2. The van der Waals surface area contributed by atoms with Crippen LogP contribution in [0.1, 0.15) is 18.1 Å². The van der Waals surface area contributed by atoms with Gasteiger partial charge in [-0.05, 0) is 11.6 Å². The largest absolute Gasteiger partial charge is 0.352 e. The SMILES string of the molecule is CC(=O)NCc1ccccc1C#CCN. The van der Waals surface area contributed by atoms with Gasteiger partial charge in [0.15, 0.2) is 0 Å². The molecule has 3 heteroatoms. The Kier molecular flexibility index (Phi) is 4.39. The molecular formula is C12H14N2O. The molecule has 0 aliphatic heterocycles. The maximum atomic E-state index is 10.8. The average molecular weight is 202 g/mol. The van der Waals surface area contributed by atoms with Crippen LogP contribution < -0.4 is 11.1 Å². The number of benzene rings is 1. The van der Waals surface area contributed by atoms with E-state index in [-0.39, 0.29) is 5.91 Å². The van der Waals surface area contributed by atoms with Crippen LogP contribution in [0.2, 0.25) is 0 Å². The molecule has 15 heavy (non-hydrogen) atoms. The standard InChI is InChI=1S/C12H14N2O/c1-10(15)14-9-12-6-3-2-5-11(12)7-4-8-13/h2-3,5-6H,8-9,13H2,1H3,(H,14,15). The molecule has 0 heterocycles. The Bertz CT molecular complexity index is 402. The van der Waals surface area contributed by atoms with Gasteiger partial charge >= 0.3 is 0 Å². The van der Waals surface area contributed by atoms with E-state index in [0.29, 0.717) is 13.1 Å². The van der Waals surface area contributed by atoms with Crippen molar-refractivity contribution in [1.29, 1.82) is 0 Å². The van der Waals surface area contributed by atoms with Crippen molar-refractivity contribution < 1.29 is 4.79 Å². The summed E-state index contributed by atoms with van der Waals surface area (Å²) in [7, 11) is 0. The van der Waals surface area contributed by atoms with Gasteiger partial charge in [-0.3, -0.25) is 4.79 Å². The highest BCUT2D eigenvalue weighted by Gasteiger charge is 1.99. The quantitative estimate of drug-likeness (QED) is 0.691. The van der Waals surface area contributed by atoms with Crippen molar-refractivity contribution in [3.63, 3.8) is 0 Å². The molecule has 0 aliphatic carbocycles. The van der Waals surface area contributed by atoms with Crippen LogP contribution in [0.5, 0.6) is 0 Å². The van der Waals surface area contributed by atoms with Crippen molar-refractivity contribution >= 4 is 5.91 Å². The number of carbonyl (C=O) groups is 1. The number of hydrogen-bond donors (Lipinski definition) is 2. The van der Waals surface area contributed by atoms with Gasteiger partial charge in [0, 0.05) is 19.0 Å². The summed E-state index contributed by atoms with van der Waals surface area (Å²) < 4.78 is 0. The van der Waals surface area contributed by atoms with E-state index in [9.17, 15) is 4.79 Å². The Morgan fingerprint density at radius 1 is 1.47 bits per heavy atom. The van der Waals surface area contributed by atoms with E-state index in [1.165, 1.54) is 6.92 Å². The summed E-state index contributed by atoms with van der Waals surface area (Å²) in [4.78, 5) is 10.8. The monoisotopic (exact) mass is 202 g/mol. The second kappa shape index (κ2) is 5.84. The van der Waals surface area contributed by atoms with E-state index in [4.69, 9.17) is 5.73 Å². The summed E-state index contributed by atoms with van der Waals surface area (Å²) in [5, 5.41) is 2.74. The van der Waals surface area contributed by atoms with Gasteiger partial charge in [0.2, 0.25) is 5.91 Å². The summed E-state index contributed by atoms with van der Waals surface area (Å²) in [6.07, 6.45) is 0. The lowest BCUT2D eigenvalue weighted by Gasteiger charge is -2.04. The third-order valence-corrected chi connectivity index (χ3v) is 1.87. The van der Waals surface area contributed by atoms with Crippen molar-refractivity contribution in [2.24, 2.45) is 5.73 Å².